The smallest absolute Gasteiger partial charge is 0.266 e. The largest absolute Gasteiger partial charge is 0.349 e. The molecule has 31 heavy (non-hydrogen) atoms. The second-order valence-corrected chi connectivity index (χ2v) is 8.34. The first-order valence-electron chi connectivity index (χ1n) is 9.78. The van der Waals surface area contributed by atoms with Crippen LogP contribution < -0.4 is 10.9 Å². The number of halogens is 1. The topological polar surface area (TPSA) is 64.0 Å². The summed E-state index contributed by atoms with van der Waals surface area (Å²) >= 11 is 7.58. The van der Waals surface area contributed by atoms with E-state index >= 15 is 0 Å². The molecule has 7 heteroatoms. The van der Waals surface area contributed by atoms with Crippen molar-refractivity contribution in [3.8, 4) is 5.69 Å². The van der Waals surface area contributed by atoms with Crippen molar-refractivity contribution in [2.45, 2.75) is 18.1 Å². The fourth-order valence-corrected chi connectivity index (χ4v) is 4.33. The third-order valence-electron chi connectivity index (χ3n) is 4.85. The molecular formula is C24H20ClN3O2S. The van der Waals surface area contributed by atoms with E-state index in [1.165, 1.54) is 16.3 Å². The van der Waals surface area contributed by atoms with Crippen molar-refractivity contribution >= 4 is 40.2 Å². The number of thioether (sulfide) groups is 1. The molecule has 1 amide bonds. The minimum Gasteiger partial charge on any atom is -0.349 e. The van der Waals surface area contributed by atoms with Crippen molar-refractivity contribution in [1.29, 1.82) is 0 Å². The SMILES string of the molecule is CC(NC(=O)CSc1nc2ccccc2c(=O)n1-c1ccccc1Cl)c1ccccc1. The first-order valence-corrected chi connectivity index (χ1v) is 11.1. The van der Waals surface area contributed by atoms with Crippen molar-refractivity contribution in [3.05, 3.63) is 99.8 Å². The van der Waals surface area contributed by atoms with E-state index < -0.39 is 0 Å². The van der Waals surface area contributed by atoms with Crippen LogP contribution in [-0.4, -0.2) is 21.2 Å². The number of nitrogens with one attached hydrogen (secondary N) is 1. The van der Waals surface area contributed by atoms with E-state index in [0.29, 0.717) is 26.8 Å². The number of hydrogen-bond acceptors (Lipinski definition) is 4. The van der Waals surface area contributed by atoms with E-state index in [9.17, 15) is 9.59 Å². The van der Waals surface area contributed by atoms with Gasteiger partial charge < -0.3 is 5.32 Å². The molecule has 0 saturated heterocycles. The summed E-state index contributed by atoms with van der Waals surface area (Å²) < 4.78 is 1.48. The molecule has 0 spiro atoms. The second-order valence-electron chi connectivity index (χ2n) is 6.99. The molecule has 1 unspecified atom stereocenters. The number of rotatable bonds is 6. The van der Waals surface area contributed by atoms with Crippen LogP contribution in [0.3, 0.4) is 0 Å². The van der Waals surface area contributed by atoms with Crippen molar-refractivity contribution in [2.75, 3.05) is 5.75 Å². The maximum Gasteiger partial charge on any atom is 0.266 e. The third kappa shape index (κ3) is 4.65. The molecule has 0 aliphatic heterocycles. The van der Waals surface area contributed by atoms with Gasteiger partial charge in [0, 0.05) is 0 Å². The Morgan fingerprint density at radius 2 is 1.71 bits per heavy atom. The van der Waals surface area contributed by atoms with Crippen molar-refractivity contribution in [2.24, 2.45) is 0 Å². The number of fused-ring (bicyclic) bond motifs is 1. The lowest BCUT2D eigenvalue weighted by molar-refractivity contribution is -0.119. The quantitative estimate of drug-likeness (QED) is 0.332. The van der Waals surface area contributed by atoms with Gasteiger partial charge in [-0.2, -0.15) is 0 Å². The molecule has 4 rings (SSSR count). The van der Waals surface area contributed by atoms with Crippen LogP contribution in [0.4, 0.5) is 0 Å². The molecule has 0 fully saturated rings. The molecule has 1 aromatic heterocycles. The summed E-state index contributed by atoms with van der Waals surface area (Å²) in [4.78, 5) is 30.5. The van der Waals surface area contributed by atoms with Gasteiger partial charge in [0.15, 0.2) is 5.16 Å². The molecule has 0 saturated carbocycles. The Hall–Kier alpha value is -3.09. The number of nitrogens with zero attached hydrogens (tertiary/aromatic N) is 2. The summed E-state index contributed by atoms with van der Waals surface area (Å²) in [5.74, 6) is -0.0265. The fraction of sp³-hybridized carbons (Fsp3) is 0.125. The Morgan fingerprint density at radius 3 is 2.48 bits per heavy atom. The first-order chi connectivity index (χ1) is 15.0. The Kier molecular flexibility index (Phi) is 6.39. The van der Waals surface area contributed by atoms with Crippen LogP contribution in [0, 0.1) is 0 Å². The van der Waals surface area contributed by atoms with Gasteiger partial charge in [-0.05, 0) is 36.8 Å². The van der Waals surface area contributed by atoms with Gasteiger partial charge in [0.25, 0.3) is 5.56 Å². The van der Waals surface area contributed by atoms with E-state index in [1.807, 2.05) is 49.4 Å². The number of carbonyl (C=O) groups excluding carboxylic acids is 1. The average molecular weight is 450 g/mol. The van der Waals surface area contributed by atoms with Crippen LogP contribution >= 0.6 is 23.4 Å². The van der Waals surface area contributed by atoms with Gasteiger partial charge >= 0.3 is 0 Å². The molecule has 5 nitrogen and oxygen atoms in total. The maximum absolute atomic E-state index is 13.3. The maximum atomic E-state index is 13.3. The van der Waals surface area contributed by atoms with Crippen LogP contribution in [0.5, 0.6) is 0 Å². The van der Waals surface area contributed by atoms with Gasteiger partial charge in [-0.15, -0.1) is 0 Å². The number of benzene rings is 3. The van der Waals surface area contributed by atoms with E-state index in [0.717, 1.165) is 5.56 Å². The Balaban J connectivity index is 1.64. The van der Waals surface area contributed by atoms with E-state index in [-0.39, 0.29) is 23.3 Å². The summed E-state index contributed by atoms with van der Waals surface area (Å²) in [6.07, 6.45) is 0. The minimum absolute atomic E-state index is 0.117. The van der Waals surface area contributed by atoms with Gasteiger partial charge in [-0.25, -0.2) is 4.98 Å². The van der Waals surface area contributed by atoms with Gasteiger partial charge in [-0.1, -0.05) is 78.0 Å². The number of aromatic nitrogens is 2. The molecule has 1 heterocycles. The van der Waals surface area contributed by atoms with Crippen molar-refractivity contribution < 1.29 is 4.79 Å². The monoisotopic (exact) mass is 449 g/mol. The van der Waals surface area contributed by atoms with E-state index in [4.69, 9.17) is 11.6 Å². The number of hydrogen-bond donors (Lipinski definition) is 1. The summed E-state index contributed by atoms with van der Waals surface area (Å²) in [6.45, 7) is 1.94. The van der Waals surface area contributed by atoms with Crippen LogP contribution in [0.2, 0.25) is 5.02 Å². The normalized spacial score (nSPS) is 11.9. The van der Waals surface area contributed by atoms with E-state index in [2.05, 4.69) is 10.3 Å². The highest BCUT2D eigenvalue weighted by Gasteiger charge is 2.17. The fourth-order valence-electron chi connectivity index (χ4n) is 3.29. The first kappa shape index (κ1) is 21.2. The molecule has 3 aromatic carbocycles. The lowest BCUT2D eigenvalue weighted by Crippen LogP contribution is -2.29. The molecular weight excluding hydrogens is 430 g/mol. The highest BCUT2D eigenvalue weighted by Crippen LogP contribution is 2.25. The minimum atomic E-state index is -0.223. The van der Waals surface area contributed by atoms with Gasteiger partial charge in [0.1, 0.15) is 0 Å². The predicted octanol–water partition coefficient (Wildman–Crippen LogP) is 5.01. The Bertz CT molecular complexity index is 1290. The summed E-state index contributed by atoms with van der Waals surface area (Å²) in [5, 5.41) is 4.33. The van der Waals surface area contributed by atoms with Gasteiger partial charge in [0.05, 0.1) is 33.4 Å². The van der Waals surface area contributed by atoms with Crippen molar-refractivity contribution in [3.63, 3.8) is 0 Å². The summed E-state index contributed by atoms with van der Waals surface area (Å²) in [6, 6.07) is 23.9. The Morgan fingerprint density at radius 1 is 1.03 bits per heavy atom. The predicted molar refractivity (Wildman–Crippen MR) is 126 cm³/mol. The number of para-hydroxylation sites is 2. The molecule has 4 aromatic rings. The molecule has 0 bridgehead atoms. The molecule has 1 atom stereocenters. The zero-order valence-corrected chi connectivity index (χ0v) is 18.4. The lowest BCUT2D eigenvalue weighted by atomic mass is 10.1. The highest BCUT2D eigenvalue weighted by atomic mass is 35.5. The van der Waals surface area contributed by atoms with Crippen LogP contribution in [0.25, 0.3) is 16.6 Å². The Labute approximate surface area is 189 Å². The summed E-state index contributed by atoms with van der Waals surface area (Å²) in [7, 11) is 0. The van der Waals surface area contributed by atoms with Gasteiger partial charge in [-0.3, -0.25) is 14.2 Å². The van der Waals surface area contributed by atoms with Gasteiger partial charge in [0.2, 0.25) is 5.91 Å². The number of carbonyl (C=O) groups is 1. The zero-order chi connectivity index (χ0) is 21.8. The van der Waals surface area contributed by atoms with Crippen LogP contribution in [0.1, 0.15) is 18.5 Å². The van der Waals surface area contributed by atoms with Crippen LogP contribution in [0.15, 0.2) is 88.8 Å². The van der Waals surface area contributed by atoms with Crippen LogP contribution in [-0.2, 0) is 4.79 Å². The average Bonchev–Trinajstić information content (AvgIpc) is 2.79. The standard InChI is InChI=1S/C24H20ClN3O2S/c1-16(17-9-3-2-4-10-17)26-22(29)15-31-24-27-20-13-7-5-11-18(20)23(30)28(24)21-14-8-6-12-19(21)25/h2-14,16H,15H2,1H3,(H,26,29). The second kappa shape index (κ2) is 9.37. The molecule has 0 radical (unpaired) electrons. The van der Waals surface area contributed by atoms with E-state index in [1.54, 1.807) is 36.4 Å². The lowest BCUT2D eigenvalue weighted by Gasteiger charge is -2.16. The highest BCUT2D eigenvalue weighted by molar-refractivity contribution is 7.99. The molecule has 0 aliphatic carbocycles. The molecule has 0 aliphatic rings. The third-order valence-corrected chi connectivity index (χ3v) is 6.11. The number of amides is 1. The molecule has 156 valence electrons. The molecule has 1 N–H and O–H groups in total. The zero-order valence-electron chi connectivity index (χ0n) is 16.8. The summed E-state index contributed by atoms with van der Waals surface area (Å²) in [5.41, 5.74) is 1.92. The van der Waals surface area contributed by atoms with Crippen molar-refractivity contribution in [1.82, 2.24) is 14.9 Å².